The van der Waals surface area contributed by atoms with Crippen molar-refractivity contribution >= 4 is 10.9 Å². The Morgan fingerprint density at radius 2 is 2.00 bits per heavy atom. The normalized spacial score (nSPS) is 21.1. The van der Waals surface area contributed by atoms with Crippen LogP contribution in [0.4, 0.5) is 0 Å². The number of aromatic amines is 1. The summed E-state index contributed by atoms with van der Waals surface area (Å²) in [6.07, 6.45) is 3.20. The smallest absolute Gasteiger partial charge is 0.258 e. The number of hydrogen-bond donors (Lipinski definition) is 2. The van der Waals surface area contributed by atoms with Crippen LogP contribution in [0.15, 0.2) is 29.1 Å². The molecule has 160 valence electrons. The maximum absolute atomic E-state index is 13.2. The van der Waals surface area contributed by atoms with E-state index in [-0.39, 0.29) is 17.1 Å². The van der Waals surface area contributed by atoms with Crippen LogP contribution in [0.1, 0.15) is 70.0 Å². The Balaban J connectivity index is 1.89. The number of aromatic nitrogens is 5. The van der Waals surface area contributed by atoms with Gasteiger partial charge in [-0.2, -0.15) is 0 Å². The average Bonchev–Trinajstić information content (AvgIpc) is 3.21. The van der Waals surface area contributed by atoms with Crippen LogP contribution < -0.4 is 10.5 Å². The number of nitrogens with one attached hydrogen (secondary N) is 2. The Hall–Kier alpha value is -2.54. The summed E-state index contributed by atoms with van der Waals surface area (Å²) < 4.78 is 1.93. The second-order valence-electron chi connectivity index (χ2n) is 9.53. The molecule has 0 saturated carbocycles. The molecule has 3 heterocycles. The highest BCUT2D eigenvalue weighted by molar-refractivity contribution is 5.79. The van der Waals surface area contributed by atoms with Crippen LogP contribution >= 0.6 is 0 Å². The Bertz CT molecular complexity index is 1090. The van der Waals surface area contributed by atoms with Gasteiger partial charge in [0.1, 0.15) is 0 Å². The lowest BCUT2D eigenvalue weighted by Crippen LogP contribution is -3.13. The SMILES string of the molecule is CCC(C)(C)n1nnnc1[C@@H](c1cc2cc(C)ccc2[nH]c1=O)[NH+]1CCC(C)CC1. The van der Waals surface area contributed by atoms with Gasteiger partial charge in [-0.25, -0.2) is 4.68 Å². The highest BCUT2D eigenvalue weighted by Gasteiger charge is 2.38. The van der Waals surface area contributed by atoms with Crippen molar-refractivity contribution in [3.8, 4) is 0 Å². The molecule has 0 bridgehead atoms. The van der Waals surface area contributed by atoms with Gasteiger partial charge in [-0.15, -0.1) is 5.10 Å². The minimum absolute atomic E-state index is 0.0497. The highest BCUT2D eigenvalue weighted by atomic mass is 16.1. The van der Waals surface area contributed by atoms with Crippen LogP contribution in [0, 0.1) is 12.8 Å². The first-order valence-electron chi connectivity index (χ1n) is 11.1. The van der Waals surface area contributed by atoms with Gasteiger partial charge in [0.05, 0.1) is 24.2 Å². The largest absolute Gasteiger partial charge is 0.322 e. The summed E-state index contributed by atoms with van der Waals surface area (Å²) in [6, 6.07) is 7.99. The van der Waals surface area contributed by atoms with E-state index in [2.05, 4.69) is 67.3 Å². The van der Waals surface area contributed by atoms with Crippen molar-refractivity contribution in [3.05, 3.63) is 51.6 Å². The fourth-order valence-corrected chi connectivity index (χ4v) is 4.48. The summed E-state index contributed by atoms with van der Waals surface area (Å²) in [4.78, 5) is 17.7. The van der Waals surface area contributed by atoms with Crippen molar-refractivity contribution < 1.29 is 4.90 Å². The van der Waals surface area contributed by atoms with E-state index < -0.39 is 0 Å². The van der Waals surface area contributed by atoms with E-state index in [1.165, 1.54) is 10.5 Å². The van der Waals surface area contributed by atoms with Gasteiger partial charge in [0.25, 0.3) is 5.56 Å². The number of piperidine rings is 1. The Kier molecular flexibility index (Phi) is 5.49. The van der Waals surface area contributed by atoms with Crippen LogP contribution in [0.5, 0.6) is 0 Å². The third-order valence-corrected chi connectivity index (χ3v) is 6.85. The summed E-state index contributed by atoms with van der Waals surface area (Å²) >= 11 is 0. The van der Waals surface area contributed by atoms with Gasteiger partial charge < -0.3 is 9.88 Å². The summed E-state index contributed by atoms with van der Waals surface area (Å²) in [7, 11) is 0. The minimum atomic E-state index is -0.222. The summed E-state index contributed by atoms with van der Waals surface area (Å²) in [6.45, 7) is 12.8. The van der Waals surface area contributed by atoms with E-state index in [1.807, 2.05) is 16.8 Å². The molecule has 0 unspecified atom stereocenters. The van der Waals surface area contributed by atoms with Gasteiger partial charge in [-0.3, -0.25) is 4.79 Å². The molecule has 1 atom stereocenters. The molecule has 2 aromatic heterocycles. The quantitative estimate of drug-likeness (QED) is 0.678. The lowest BCUT2D eigenvalue weighted by Gasteiger charge is -2.34. The molecule has 0 amide bonds. The number of hydrogen-bond acceptors (Lipinski definition) is 4. The van der Waals surface area contributed by atoms with Crippen molar-refractivity contribution in [1.29, 1.82) is 0 Å². The molecule has 1 fully saturated rings. The zero-order chi connectivity index (χ0) is 21.5. The first kappa shape index (κ1) is 20.7. The molecule has 3 aromatic rings. The van der Waals surface area contributed by atoms with Crippen LogP contribution in [-0.2, 0) is 5.54 Å². The van der Waals surface area contributed by atoms with Crippen molar-refractivity contribution in [2.24, 2.45) is 5.92 Å². The summed E-state index contributed by atoms with van der Waals surface area (Å²) in [5.41, 5.74) is 2.52. The van der Waals surface area contributed by atoms with E-state index in [4.69, 9.17) is 0 Å². The summed E-state index contributed by atoms with van der Waals surface area (Å²) in [5.74, 6) is 1.50. The zero-order valence-corrected chi connectivity index (χ0v) is 18.7. The number of quaternary nitrogens is 1. The molecule has 4 rings (SSSR count). The molecule has 0 radical (unpaired) electrons. The zero-order valence-electron chi connectivity index (χ0n) is 18.7. The Morgan fingerprint density at radius 1 is 1.27 bits per heavy atom. The Morgan fingerprint density at radius 3 is 2.70 bits per heavy atom. The number of likely N-dealkylation sites (tertiary alicyclic amines) is 1. The molecule has 0 aliphatic carbocycles. The van der Waals surface area contributed by atoms with Gasteiger partial charge in [0, 0.05) is 5.52 Å². The lowest BCUT2D eigenvalue weighted by molar-refractivity contribution is -0.932. The monoisotopic (exact) mass is 409 g/mol. The van der Waals surface area contributed by atoms with Crippen LogP contribution in [0.2, 0.25) is 0 Å². The lowest BCUT2D eigenvalue weighted by atomic mass is 9.94. The first-order chi connectivity index (χ1) is 14.3. The maximum Gasteiger partial charge on any atom is 0.258 e. The van der Waals surface area contributed by atoms with E-state index in [1.54, 1.807) is 0 Å². The third kappa shape index (κ3) is 3.78. The van der Waals surface area contributed by atoms with Gasteiger partial charge in [0.15, 0.2) is 6.04 Å². The molecular formula is C23H33N6O+. The molecular weight excluding hydrogens is 376 g/mol. The minimum Gasteiger partial charge on any atom is -0.322 e. The molecule has 1 aliphatic rings. The summed E-state index contributed by atoms with van der Waals surface area (Å²) in [5, 5.41) is 13.9. The number of benzene rings is 1. The number of tetrazole rings is 1. The van der Waals surface area contributed by atoms with Crippen molar-refractivity contribution in [2.45, 2.75) is 65.5 Å². The standard InChI is InChI=1S/C23H32N6O/c1-6-23(4,5)29-21(25-26-27-29)20(28-11-9-15(2)10-12-28)18-14-17-13-16(3)7-8-19(17)24-22(18)30/h7-8,13-15,20H,6,9-12H2,1-5H3,(H,24,30)/p+1/t20-/m1/s1. The second kappa shape index (κ2) is 7.95. The topological polar surface area (TPSA) is 80.9 Å². The number of pyridine rings is 1. The van der Waals surface area contributed by atoms with E-state index in [0.29, 0.717) is 0 Å². The van der Waals surface area contributed by atoms with E-state index >= 15 is 0 Å². The fraction of sp³-hybridized carbons (Fsp3) is 0.565. The highest BCUT2D eigenvalue weighted by Crippen LogP contribution is 2.25. The molecule has 1 aliphatic heterocycles. The van der Waals surface area contributed by atoms with Gasteiger partial charge in [-0.1, -0.05) is 25.5 Å². The second-order valence-corrected chi connectivity index (χ2v) is 9.53. The van der Waals surface area contributed by atoms with E-state index in [9.17, 15) is 4.79 Å². The van der Waals surface area contributed by atoms with Crippen LogP contribution in [0.25, 0.3) is 10.9 Å². The Labute approximate surface area is 177 Å². The van der Waals surface area contributed by atoms with Crippen molar-refractivity contribution in [2.75, 3.05) is 13.1 Å². The molecule has 7 heteroatoms. The number of nitrogens with zero attached hydrogens (tertiary/aromatic N) is 4. The first-order valence-corrected chi connectivity index (χ1v) is 11.1. The number of fused-ring (bicyclic) bond motifs is 1. The van der Waals surface area contributed by atoms with Crippen molar-refractivity contribution in [1.82, 2.24) is 25.2 Å². The third-order valence-electron chi connectivity index (χ3n) is 6.85. The van der Waals surface area contributed by atoms with Crippen LogP contribution in [-0.4, -0.2) is 38.3 Å². The average molecular weight is 410 g/mol. The predicted octanol–water partition coefficient (Wildman–Crippen LogP) is 2.37. The molecule has 0 spiro atoms. The predicted molar refractivity (Wildman–Crippen MR) is 118 cm³/mol. The molecule has 1 saturated heterocycles. The molecule has 1 aromatic carbocycles. The van der Waals surface area contributed by atoms with Gasteiger partial charge in [0.2, 0.25) is 5.82 Å². The maximum atomic E-state index is 13.2. The molecule has 30 heavy (non-hydrogen) atoms. The van der Waals surface area contributed by atoms with Gasteiger partial charge in [-0.05, 0) is 80.0 Å². The molecule has 2 N–H and O–H groups in total. The number of rotatable bonds is 5. The van der Waals surface area contributed by atoms with Gasteiger partial charge >= 0.3 is 0 Å². The van der Waals surface area contributed by atoms with Crippen molar-refractivity contribution in [3.63, 3.8) is 0 Å². The number of H-pyrrole nitrogens is 1. The van der Waals surface area contributed by atoms with E-state index in [0.717, 1.165) is 60.6 Å². The van der Waals surface area contributed by atoms with Crippen LogP contribution in [0.3, 0.4) is 0 Å². The fourth-order valence-electron chi connectivity index (χ4n) is 4.48. The number of aryl methyl sites for hydroxylation is 1. The molecule has 7 nitrogen and oxygen atoms in total.